The van der Waals surface area contributed by atoms with E-state index in [1.54, 1.807) is 0 Å². The molecule has 1 saturated heterocycles. The molecule has 0 aliphatic carbocycles. The maximum absolute atomic E-state index is 10.8. The number of piperazine rings is 1. The summed E-state index contributed by atoms with van der Waals surface area (Å²) in [5.41, 5.74) is 5.12. The Morgan fingerprint density at radius 2 is 2.00 bits per heavy atom. The van der Waals surface area contributed by atoms with E-state index in [-0.39, 0.29) is 4.99 Å². The van der Waals surface area contributed by atoms with Gasteiger partial charge in [-0.05, 0) is 6.42 Å². The van der Waals surface area contributed by atoms with E-state index in [0.29, 0.717) is 0 Å². The van der Waals surface area contributed by atoms with Crippen LogP contribution in [0.3, 0.4) is 0 Å². The van der Waals surface area contributed by atoms with Gasteiger partial charge in [0.15, 0.2) is 4.99 Å². The number of carbonyl (C=O) groups is 1. The largest absolute Gasteiger partial charge is 0.364 e. The fourth-order valence-electron chi connectivity index (χ4n) is 1.55. The van der Waals surface area contributed by atoms with E-state index in [0.717, 1.165) is 32.7 Å². The molecule has 0 unspecified atom stereocenters. The number of carbonyl (C=O) groups excluding carboxylic acids is 1. The lowest BCUT2D eigenvalue weighted by atomic mass is 10.3. The van der Waals surface area contributed by atoms with E-state index in [1.807, 2.05) is 11.8 Å². The predicted molar refractivity (Wildman–Crippen MR) is 59.8 cm³/mol. The van der Waals surface area contributed by atoms with Crippen molar-refractivity contribution in [3.8, 4) is 0 Å². The minimum Gasteiger partial charge on any atom is -0.364 e. The molecule has 1 fully saturated rings. The van der Waals surface area contributed by atoms with Crippen molar-refractivity contribution in [3.63, 3.8) is 0 Å². The van der Waals surface area contributed by atoms with Gasteiger partial charge in [-0.25, -0.2) is 0 Å². The monoisotopic (exact) mass is 214 g/mol. The van der Waals surface area contributed by atoms with Crippen LogP contribution in [0.4, 0.5) is 0 Å². The minimum atomic E-state index is -0.490. The molecule has 0 atom stereocenters. The first-order chi connectivity index (χ1) is 6.65. The molecule has 1 rings (SSSR count). The minimum absolute atomic E-state index is 0.269. The van der Waals surface area contributed by atoms with Crippen molar-refractivity contribution < 1.29 is 4.79 Å². The van der Waals surface area contributed by atoms with E-state index < -0.39 is 5.91 Å². The zero-order chi connectivity index (χ0) is 10.6. The molecule has 2 N–H and O–H groups in total. The molecule has 0 aromatic carbocycles. The molecule has 79 valence electrons. The number of amides is 1. The normalized spacial score (nSPS) is 18.2. The van der Waals surface area contributed by atoms with Crippen LogP contribution in [0.25, 0.3) is 0 Å². The number of thiocarbonyl (C=S) groups is 1. The lowest BCUT2D eigenvalue weighted by Gasteiger charge is -2.35. The summed E-state index contributed by atoms with van der Waals surface area (Å²) in [7, 11) is 0. The Labute approximate surface area is 90.0 Å². The highest BCUT2D eigenvalue weighted by Gasteiger charge is 2.20. The molecule has 1 amide bonds. The van der Waals surface area contributed by atoms with E-state index >= 15 is 0 Å². The molecular formula is C9H16N3OS. The van der Waals surface area contributed by atoms with E-state index in [1.165, 1.54) is 0 Å². The van der Waals surface area contributed by atoms with Crippen LogP contribution in [0.5, 0.6) is 0 Å². The zero-order valence-corrected chi connectivity index (χ0v) is 9.22. The fraction of sp³-hybridized carbons (Fsp3) is 0.667. The molecule has 1 aliphatic heterocycles. The average molecular weight is 214 g/mol. The molecule has 0 saturated carbocycles. The first-order valence-electron chi connectivity index (χ1n) is 4.74. The molecule has 0 bridgehead atoms. The van der Waals surface area contributed by atoms with Gasteiger partial charge in [0.25, 0.3) is 5.91 Å². The van der Waals surface area contributed by atoms with E-state index in [2.05, 4.69) is 11.3 Å². The van der Waals surface area contributed by atoms with Crippen molar-refractivity contribution in [2.75, 3.05) is 32.7 Å². The van der Waals surface area contributed by atoms with Crippen molar-refractivity contribution >= 4 is 23.1 Å². The van der Waals surface area contributed by atoms with Gasteiger partial charge in [0.05, 0.1) is 0 Å². The predicted octanol–water partition coefficient (Wildman–Crippen LogP) is -0.359. The zero-order valence-electron chi connectivity index (χ0n) is 8.40. The first kappa shape index (κ1) is 11.4. The van der Waals surface area contributed by atoms with E-state index in [9.17, 15) is 4.79 Å². The molecule has 1 heterocycles. The summed E-state index contributed by atoms with van der Waals surface area (Å²) in [6.07, 6.45) is 2.13. The van der Waals surface area contributed by atoms with Crippen molar-refractivity contribution in [1.29, 1.82) is 0 Å². The molecule has 4 nitrogen and oxygen atoms in total. The van der Waals surface area contributed by atoms with Crippen molar-refractivity contribution in [2.45, 2.75) is 6.92 Å². The third-order valence-corrected chi connectivity index (χ3v) is 2.77. The van der Waals surface area contributed by atoms with Crippen LogP contribution >= 0.6 is 12.2 Å². The summed E-state index contributed by atoms with van der Waals surface area (Å²) in [5, 5.41) is 0. The lowest BCUT2D eigenvalue weighted by molar-refractivity contribution is -0.112. The first-order valence-corrected chi connectivity index (χ1v) is 5.15. The third kappa shape index (κ3) is 2.92. The summed E-state index contributed by atoms with van der Waals surface area (Å²) < 4.78 is 0. The fourth-order valence-corrected chi connectivity index (χ4v) is 1.73. The van der Waals surface area contributed by atoms with Crippen molar-refractivity contribution in [1.82, 2.24) is 9.80 Å². The topological polar surface area (TPSA) is 49.6 Å². The smallest absolute Gasteiger partial charge is 0.276 e. The number of nitrogens with two attached hydrogens (primary N) is 1. The molecule has 0 aromatic heterocycles. The number of hydrogen-bond donors (Lipinski definition) is 1. The molecular weight excluding hydrogens is 198 g/mol. The standard InChI is InChI=1S/C9H16N3OS/c1-2-3-11-4-6-12(7-5-11)9(14)8(10)13/h2H,3-7H2,1H3,(H2,10,13). The van der Waals surface area contributed by atoms with Crippen LogP contribution in [0.1, 0.15) is 6.92 Å². The van der Waals surface area contributed by atoms with Gasteiger partial charge in [-0.15, -0.1) is 0 Å². The van der Waals surface area contributed by atoms with Gasteiger partial charge in [0.1, 0.15) is 0 Å². The lowest BCUT2D eigenvalue weighted by Crippen LogP contribution is -2.51. The highest BCUT2D eigenvalue weighted by molar-refractivity contribution is 7.81. The van der Waals surface area contributed by atoms with Gasteiger partial charge in [-0.1, -0.05) is 19.1 Å². The second kappa shape index (κ2) is 5.26. The van der Waals surface area contributed by atoms with Crippen LogP contribution in [-0.2, 0) is 4.79 Å². The number of primary amides is 1. The Kier molecular flexibility index (Phi) is 4.28. The summed E-state index contributed by atoms with van der Waals surface area (Å²) in [5.74, 6) is -0.490. The molecule has 0 aromatic rings. The SMILES string of the molecule is C[CH]CN1CCN(C(=S)C(N)=O)CC1. The van der Waals surface area contributed by atoms with Gasteiger partial charge in [-0.3, -0.25) is 9.69 Å². The highest BCUT2D eigenvalue weighted by atomic mass is 32.1. The van der Waals surface area contributed by atoms with Gasteiger partial charge >= 0.3 is 0 Å². The van der Waals surface area contributed by atoms with Gasteiger partial charge in [0.2, 0.25) is 0 Å². The van der Waals surface area contributed by atoms with Crippen molar-refractivity contribution in [2.24, 2.45) is 5.73 Å². The Balaban J connectivity index is 2.35. The third-order valence-electron chi connectivity index (χ3n) is 2.31. The molecule has 0 spiro atoms. The Morgan fingerprint density at radius 3 is 2.43 bits per heavy atom. The second-order valence-corrected chi connectivity index (χ2v) is 3.75. The van der Waals surface area contributed by atoms with Crippen LogP contribution < -0.4 is 5.73 Å². The second-order valence-electron chi connectivity index (χ2n) is 3.37. The van der Waals surface area contributed by atoms with Gasteiger partial charge < -0.3 is 10.6 Å². The summed E-state index contributed by atoms with van der Waals surface area (Å²) in [4.78, 5) is 15.3. The summed E-state index contributed by atoms with van der Waals surface area (Å²) >= 11 is 4.93. The van der Waals surface area contributed by atoms with Crippen LogP contribution in [0.2, 0.25) is 0 Å². The highest BCUT2D eigenvalue weighted by Crippen LogP contribution is 2.03. The quantitative estimate of drug-likeness (QED) is 0.638. The molecule has 1 radical (unpaired) electrons. The number of nitrogens with zero attached hydrogens (tertiary/aromatic N) is 2. The van der Waals surface area contributed by atoms with Gasteiger partial charge in [0, 0.05) is 32.7 Å². The Bertz CT molecular complexity index is 224. The molecule has 5 heteroatoms. The maximum atomic E-state index is 10.8. The maximum Gasteiger partial charge on any atom is 0.276 e. The number of rotatable bonds is 2. The van der Waals surface area contributed by atoms with E-state index in [4.69, 9.17) is 18.0 Å². The average Bonchev–Trinajstić information content (AvgIpc) is 2.18. The Morgan fingerprint density at radius 1 is 1.43 bits per heavy atom. The number of hydrogen-bond acceptors (Lipinski definition) is 3. The molecule has 14 heavy (non-hydrogen) atoms. The van der Waals surface area contributed by atoms with Gasteiger partial charge in [-0.2, -0.15) is 0 Å². The van der Waals surface area contributed by atoms with Crippen LogP contribution in [-0.4, -0.2) is 53.4 Å². The van der Waals surface area contributed by atoms with Crippen LogP contribution in [0.15, 0.2) is 0 Å². The molecule has 1 aliphatic rings. The Hall–Kier alpha value is -0.680. The van der Waals surface area contributed by atoms with Crippen LogP contribution in [0, 0.1) is 6.42 Å². The summed E-state index contributed by atoms with van der Waals surface area (Å²) in [6.45, 7) is 6.53. The summed E-state index contributed by atoms with van der Waals surface area (Å²) in [6, 6.07) is 0. The van der Waals surface area contributed by atoms with Crippen molar-refractivity contribution in [3.05, 3.63) is 6.42 Å².